The molecule has 27 heavy (non-hydrogen) atoms. The zero-order valence-electron chi connectivity index (χ0n) is 15.0. The standard InChI is InChI=1S/C19H18F3N3O2/c1-9(2)16(11(4)19(20,21)22)25-18(27)13-8-15(17(23)26)24-14-7-10(3)5-6-12(13)14/h5-8H,4H2,1-3H3,(H2,23,26)(H,25,27). The zero-order chi connectivity index (χ0) is 20.5. The maximum atomic E-state index is 13.0. The molecule has 0 bridgehead atoms. The van der Waals surface area contributed by atoms with Crippen LogP contribution in [0.25, 0.3) is 10.9 Å². The van der Waals surface area contributed by atoms with Crippen LogP contribution in [0.4, 0.5) is 13.2 Å². The molecule has 3 N–H and O–H groups in total. The van der Waals surface area contributed by atoms with Crippen LogP contribution in [0.15, 0.2) is 47.7 Å². The summed E-state index contributed by atoms with van der Waals surface area (Å²) < 4.78 is 39.1. The number of fused-ring (bicyclic) bond motifs is 1. The Hall–Kier alpha value is -3.16. The van der Waals surface area contributed by atoms with E-state index in [1.165, 1.54) is 13.8 Å². The molecular weight excluding hydrogens is 359 g/mol. The van der Waals surface area contributed by atoms with Gasteiger partial charge in [0.05, 0.1) is 22.4 Å². The molecule has 0 spiro atoms. The van der Waals surface area contributed by atoms with E-state index in [1.807, 2.05) is 0 Å². The van der Waals surface area contributed by atoms with Gasteiger partial charge in [0, 0.05) is 5.39 Å². The number of nitrogens with one attached hydrogen (secondary N) is 1. The quantitative estimate of drug-likeness (QED) is 0.795. The number of aromatic nitrogens is 1. The minimum atomic E-state index is -4.70. The highest BCUT2D eigenvalue weighted by molar-refractivity contribution is 6.09. The van der Waals surface area contributed by atoms with Crippen LogP contribution in [0, 0.1) is 6.92 Å². The minimum Gasteiger partial charge on any atom is -0.364 e. The van der Waals surface area contributed by atoms with E-state index >= 15 is 0 Å². The Balaban J connectivity index is 2.58. The number of alkyl halides is 3. The number of aryl methyl sites for hydroxylation is 1. The van der Waals surface area contributed by atoms with Crippen molar-refractivity contribution in [2.45, 2.75) is 26.9 Å². The fourth-order valence-electron chi connectivity index (χ4n) is 2.48. The summed E-state index contributed by atoms with van der Waals surface area (Å²) in [5.74, 6) is -1.68. The number of pyridine rings is 1. The Kier molecular flexibility index (Phi) is 5.39. The number of benzene rings is 1. The molecule has 5 nitrogen and oxygen atoms in total. The fourth-order valence-corrected chi connectivity index (χ4v) is 2.48. The second-order valence-corrected chi connectivity index (χ2v) is 6.25. The topological polar surface area (TPSA) is 85.1 Å². The van der Waals surface area contributed by atoms with Crippen molar-refractivity contribution in [3.63, 3.8) is 0 Å². The molecule has 0 atom stereocenters. The molecule has 0 fully saturated rings. The summed E-state index contributed by atoms with van der Waals surface area (Å²) in [6.45, 7) is 7.68. The van der Waals surface area contributed by atoms with E-state index in [-0.39, 0.29) is 16.8 Å². The Morgan fingerprint density at radius 3 is 2.33 bits per heavy atom. The monoisotopic (exact) mass is 377 g/mol. The molecule has 142 valence electrons. The Labute approximate surface area is 153 Å². The van der Waals surface area contributed by atoms with Crippen LogP contribution < -0.4 is 11.1 Å². The van der Waals surface area contributed by atoms with Crippen LogP contribution in [0.1, 0.15) is 40.3 Å². The van der Waals surface area contributed by atoms with E-state index in [0.29, 0.717) is 10.9 Å². The van der Waals surface area contributed by atoms with E-state index in [0.717, 1.165) is 11.6 Å². The van der Waals surface area contributed by atoms with E-state index in [2.05, 4.69) is 16.9 Å². The van der Waals surface area contributed by atoms with Crippen LogP contribution >= 0.6 is 0 Å². The fraction of sp³-hybridized carbons (Fsp3) is 0.211. The van der Waals surface area contributed by atoms with Crippen molar-refractivity contribution >= 4 is 22.7 Å². The number of halogens is 3. The summed E-state index contributed by atoms with van der Waals surface area (Å²) in [5.41, 5.74) is 4.90. The maximum Gasteiger partial charge on any atom is 0.417 e. The number of allylic oxidation sites excluding steroid dienone is 2. The van der Waals surface area contributed by atoms with E-state index < -0.39 is 29.3 Å². The molecule has 1 aromatic heterocycles. The molecule has 1 aromatic carbocycles. The lowest BCUT2D eigenvalue weighted by molar-refractivity contribution is -0.0894. The van der Waals surface area contributed by atoms with Gasteiger partial charge in [-0.25, -0.2) is 4.98 Å². The van der Waals surface area contributed by atoms with E-state index in [1.54, 1.807) is 25.1 Å². The van der Waals surface area contributed by atoms with Crippen molar-refractivity contribution in [1.29, 1.82) is 0 Å². The van der Waals surface area contributed by atoms with Crippen molar-refractivity contribution < 1.29 is 22.8 Å². The van der Waals surface area contributed by atoms with Gasteiger partial charge in [-0.2, -0.15) is 13.2 Å². The first-order chi connectivity index (χ1) is 12.4. The number of amides is 2. The Bertz CT molecular complexity index is 988. The van der Waals surface area contributed by atoms with Gasteiger partial charge in [0.2, 0.25) is 0 Å². The number of hydrogen-bond acceptors (Lipinski definition) is 3. The number of rotatable bonds is 4. The second kappa shape index (κ2) is 7.22. The van der Waals surface area contributed by atoms with Gasteiger partial charge in [-0.1, -0.05) is 24.3 Å². The Morgan fingerprint density at radius 1 is 1.19 bits per heavy atom. The van der Waals surface area contributed by atoms with Crippen LogP contribution in [0.3, 0.4) is 0 Å². The van der Waals surface area contributed by atoms with Crippen molar-refractivity contribution in [2.75, 3.05) is 0 Å². The largest absolute Gasteiger partial charge is 0.417 e. The van der Waals surface area contributed by atoms with Crippen LogP contribution in [-0.2, 0) is 0 Å². The number of nitrogens with two attached hydrogens (primary N) is 1. The van der Waals surface area contributed by atoms with Gasteiger partial charge in [0.25, 0.3) is 11.8 Å². The predicted molar refractivity (Wildman–Crippen MR) is 96.0 cm³/mol. The Morgan fingerprint density at radius 2 is 1.81 bits per heavy atom. The predicted octanol–water partition coefficient (Wildman–Crippen LogP) is 3.78. The lowest BCUT2D eigenvalue weighted by atomic mass is 10.0. The highest BCUT2D eigenvalue weighted by atomic mass is 19.4. The number of hydrogen-bond donors (Lipinski definition) is 2. The second-order valence-electron chi connectivity index (χ2n) is 6.25. The SMILES string of the molecule is C=C(C(NC(=O)c1cc(C(N)=O)nc2cc(C)ccc12)=C(C)C)C(F)(F)F. The summed E-state index contributed by atoms with van der Waals surface area (Å²) in [7, 11) is 0. The third-order valence-corrected chi connectivity index (χ3v) is 3.84. The molecule has 2 aromatic rings. The number of carbonyl (C=O) groups is 2. The molecule has 0 aliphatic heterocycles. The smallest absolute Gasteiger partial charge is 0.364 e. The third kappa shape index (κ3) is 4.33. The normalized spacial score (nSPS) is 11.2. The summed E-state index contributed by atoms with van der Waals surface area (Å²) in [6, 6.07) is 6.14. The molecule has 1 heterocycles. The van der Waals surface area contributed by atoms with Crippen molar-refractivity contribution in [3.8, 4) is 0 Å². The van der Waals surface area contributed by atoms with Gasteiger partial charge in [-0.15, -0.1) is 0 Å². The molecule has 0 unspecified atom stereocenters. The molecule has 2 amide bonds. The molecular formula is C19H18F3N3O2. The molecule has 0 saturated heterocycles. The van der Waals surface area contributed by atoms with Crippen LogP contribution in [-0.4, -0.2) is 23.0 Å². The van der Waals surface area contributed by atoms with Gasteiger partial charge >= 0.3 is 6.18 Å². The number of carbonyl (C=O) groups excluding carboxylic acids is 2. The van der Waals surface area contributed by atoms with Crippen molar-refractivity contribution in [1.82, 2.24) is 10.3 Å². The highest BCUT2D eigenvalue weighted by Gasteiger charge is 2.35. The van der Waals surface area contributed by atoms with Gasteiger partial charge < -0.3 is 11.1 Å². The molecule has 0 saturated carbocycles. The lowest BCUT2D eigenvalue weighted by Gasteiger charge is -2.18. The molecule has 0 radical (unpaired) electrons. The third-order valence-electron chi connectivity index (χ3n) is 3.84. The summed E-state index contributed by atoms with van der Waals surface area (Å²) >= 11 is 0. The van der Waals surface area contributed by atoms with E-state index in [4.69, 9.17) is 5.73 Å². The first-order valence-electron chi connectivity index (χ1n) is 7.88. The average molecular weight is 377 g/mol. The lowest BCUT2D eigenvalue weighted by Crippen LogP contribution is -2.29. The van der Waals surface area contributed by atoms with Gasteiger partial charge in [0.15, 0.2) is 0 Å². The van der Waals surface area contributed by atoms with Gasteiger partial charge in [-0.05, 0) is 38.5 Å². The maximum absolute atomic E-state index is 13.0. The van der Waals surface area contributed by atoms with Gasteiger partial charge in [0.1, 0.15) is 5.69 Å². The average Bonchev–Trinajstić information content (AvgIpc) is 2.56. The first kappa shape index (κ1) is 20.2. The molecule has 2 rings (SSSR count). The number of primary amides is 1. The van der Waals surface area contributed by atoms with Crippen LogP contribution in [0.2, 0.25) is 0 Å². The van der Waals surface area contributed by atoms with Gasteiger partial charge in [-0.3, -0.25) is 9.59 Å². The summed E-state index contributed by atoms with van der Waals surface area (Å²) in [5, 5.41) is 2.64. The highest BCUT2D eigenvalue weighted by Crippen LogP contribution is 2.30. The first-order valence-corrected chi connectivity index (χ1v) is 7.88. The van der Waals surface area contributed by atoms with E-state index in [9.17, 15) is 22.8 Å². The molecule has 0 aliphatic carbocycles. The summed E-state index contributed by atoms with van der Waals surface area (Å²) in [6.07, 6.45) is -4.70. The van der Waals surface area contributed by atoms with Crippen molar-refractivity contribution in [2.24, 2.45) is 5.73 Å². The number of nitrogens with zero attached hydrogens (tertiary/aromatic N) is 1. The molecule has 8 heteroatoms. The summed E-state index contributed by atoms with van der Waals surface area (Å²) in [4.78, 5) is 28.4. The van der Waals surface area contributed by atoms with Crippen molar-refractivity contribution in [3.05, 3.63) is 64.5 Å². The minimum absolute atomic E-state index is 0.0116. The molecule has 0 aliphatic rings. The zero-order valence-corrected chi connectivity index (χ0v) is 15.0. The van der Waals surface area contributed by atoms with Crippen LogP contribution in [0.5, 0.6) is 0 Å².